The van der Waals surface area contributed by atoms with Gasteiger partial charge in [0, 0.05) is 16.5 Å². The average Bonchev–Trinajstić information content (AvgIpc) is 3.17. The van der Waals surface area contributed by atoms with E-state index in [1.807, 2.05) is 6.92 Å². The third kappa shape index (κ3) is 2.73. The molecule has 0 spiro atoms. The summed E-state index contributed by atoms with van der Waals surface area (Å²) in [7, 11) is 0. The van der Waals surface area contributed by atoms with Gasteiger partial charge in [-0.2, -0.15) is 0 Å². The van der Waals surface area contributed by atoms with Gasteiger partial charge in [0.15, 0.2) is 0 Å². The molecule has 24 heavy (non-hydrogen) atoms. The highest BCUT2D eigenvalue weighted by Gasteiger charge is 2.42. The molecule has 2 aliphatic carbocycles. The molecule has 2 fully saturated rings. The summed E-state index contributed by atoms with van der Waals surface area (Å²) in [4.78, 5) is 24.7. The molecule has 4 atom stereocenters. The first-order chi connectivity index (χ1) is 11.5. The Morgan fingerprint density at radius 1 is 1.29 bits per heavy atom. The van der Waals surface area contributed by atoms with Crippen molar-refractivity contribution in [3.63, 3.8) is 0 Å². The van der Waals surface area contributed by atoms with Gasteiger partial charge in [-0.25, -0.2) is 4.79 Å². The fraction of sp³-hybridized carbons (Fsp3) is 0.474. The lowest BCUT2D eigenvalue weighted by atomic mass is 9.84. The van der Waals surface area contributed by atoms with Crippen molar-refractivity contribution < 1.29 is 9.21 Å². The largest absolute Gasteiger partial charge is 0.422 e. The zero-order chi connectivity index (χ0) is 16.8. The van der Waals surface area contributed by atoms with Crippen LogP contribution in [0.3, 0.4) is 0 Å². The third-order valence-corrected chi connectivity index (χ3v) is 5.97. The molecule has 126 valence electrons. The number of rotatable bonds is 3. The summed E-state index contributed by atoms with van der Waals surface area (Å²) in [5, 5.41) is 4.20. The zero-order valence-corrected chi connectivity index (χ0v) is 14.3. The molecule has 5 heteroatoms. The molecule has 2 aromatic rings. The molecular weight excluding hydrogens is 326 g/mol. The van der Waals surface area contributed by atoms with E-state index in [4.69, 9.17) is 16.0 Å². The predicted octanol–water partition coefficient (Wildman–Crippen LogP) is 4.00. The number of carbonyl (C=O) groups excluding carboxylic acids is 1. The maximum Gasteiger partial charge on any atom is 0.349 e. The normalized spacial score (nSPS) is 26.7. The van der Waals surface area contributed by atoms with Crippen LogP contribution in [-0.2, 0) is 0 Å². The molecule has 1 aromatic carbocycles. The maximum atomic E-state index is 12.6. The van der Waals surface area contributed by atoms with E-state index in [2.05, 4.69) is 5.32 Å². The number of carbonyl (C=O) groups is 1. The highest BCUT2D eigenvalue weighted by molar-refractivity contribution is 6.31. The molecule has 1 heterocycles. The van der Waals surface area contributed by atoms with Crippen molar-refractivity contribution in [3.05, 3.63) is 45.3 Å². The molecule has 2 saturated carbocycles. The van der Waals surface area contributed by atoms with Gasteiger partial charge >= 0.3 is 5.63 Å². The molecule has 1 aromatic heterocycles. The summed E-state index contributed by atoms with van der Waals surface area (Å²) >= 11 is 5.98. The SMILES string of the molecule is C[C@H](NC(=O)c1cc2cc(Cl)ccc2oc1=O)[C@@H]1C[C@H]2CC[C@H]1C2. The van der Waals surface area contributed by atoms with Gasteiger partial charge in [-0.05, 0) is 68.2 Å². The minimum atomic E-state index is -0.609. The fourth-order valence-corrected chi connectivity index (χ4v) is 4.73. The van der Waals surface area contributed by atoms with Gasteiger partial charge in [-0.1, -0.05) is 18.0 Å². The molecule has 0 unspecified atom stereocenters. The van der Waals surface area contributed by atoms with Gasteiger partial charge in [0.2, 0.25) is 0 Å². The van der Waals surface area contributed by atoms with E-state index in [0.29, 0.717) is 21.9 Å². The Balaban J connectivity index is 1.56. The van der Waals surface area contributed by atoms with E-state index in [-0.39, 0.29) is 17.5 Å². The topological polar surface area (TPSA) is 59.3 Å². The number of hydrogen-bond donors (Lipinski definition) is 1. The summed E-state index contributed by atoms with van der Waals surface area (Å²) < 4.78 is 5.25. The molecule has 4 rings (SSSR count). The standard InChI is InChI=1S/C19H20ClNO3/c1-10(15-7-11-2-3-12(15)6-11)21-18(22)16-9-13-8-14(20)4-5-17(13)24-19(16)23/h4-5,8-12,15H,2-3,6-7H2,1H3,(H,21,22)/t10-,11-,12-,15-/m0/s1. The van der Waals surface area contributed by atoms with Crippen molar-refractivity contribution in [2.45, 2.75) is 38.6 Å². The van der Waals surface area contributed by atoms with Gasteiger partial charge < -0.3 is 9.73 Å². The monoisotopic (exact) mass is 345 g/mol. The van der Waals surface area contributed by atoms with Gasteiger partial charge in [0.1, 0.15) is 11.1 Å². The van der Waals surface area contributed by atoms with Crippen LogP contribution in [0.2, 0.25) is 5.02 Å². The van der Waals surface area contributed by atoms with E-state index >= 15 is 0 Å². The summed E-state index contributed by atoms with van der Waals surface area (Å²) in [5.41, 5.74) is -0.135. The van der Waals surface area contributed by atoms with Crippen LogP contribution in [0.15, 0.2) is 33.5 Å². The molecular formula is C19H20ClNO3. The molecule has 0 radical (unpaired) electrons. The summed E-state index contributed by atoms with van der Waals surface area (Å²) in [6.45, 7) is 2.04. The second kappa shape index (κ2) is 5.92. The Morgan fingerprint density at radius 3 is 2.83 bits per heavy atom. The van der Waals surface area contributed by atoms with Crippen LogP contribution >= 0.6 is 11.6 Å². The molecule has 0 aliphatic heterocycles. The first-order valence-corrected chi connectivity index (χ1v) is 8.93. The maximum absolute atomic E-state index is 12.6. The molecule has 2 bridgehead atoms. The minimum absolute atomic E-state index is 0.0415. The molecule has 4 nitrogen and oxygen atoms in total. The van der Waals surface area contributed by atoms with Gasteiger partial charge in [0.05, 0.1) is 0 Å². The lowest BCUT2D eigenvalue weighted by Crippen LogP contribution is -2.41. The average molecular weight is 346 g/mol. The third-order valence-electron chi connectivity index (χ3n) is 5.73. The van der Waals surface area contributed by atoms with Crippen molar-refractivity contribution in [3.8, 4) is 0 Å². The van der Waals surface area contributed by atoms with Crippen molar-refractivity contribution >= 4 is 28.5 Å². The lowest BCUT2D eigenvalue weighted by Gasteiger charge is -2.28. The number of nitrogens with one attached hydrogen (secondary N) is 1. The van der Waals surface area contributed by atoms with Crippen molar-refractivity contribution in [2.24, 2.45) is 17.8 Å². The van der Waals surface area contributed by atoms with E-state index in [1.165, 1.54) is 25.7 Å². The second-order valence-corrected chi connectivity index (χ2v) is 7.67. The summed E-state index contributed by atoms with van der Waals surface area (Å²) in [6.07, 6.45) is 5.08. The predicted molar refractivity (Wildman–Crippen MR) is 93.4 cm³/mol. The first-order valence-electron chi connectivity index (χ1n) is 8.55. The van der Waals surface area contributed by atoms with Gasteiger partial charge in [-0.15, -0.1) is 0 Å². The Kier molecular flexibility index (Phi) is 3.87. The smallest absolute Gasteiger partial charge is 0.349 e. The molecule has 1 N–H and O–H groups in total. The number of amides is 1. The summed E-state index contributed by atoms with van der Waals surface area (Å²) in [5.74, 6) is 1.71. The number of fused-ring (bicyclic) bond motifs is 3. The van der Waals surface area contributed by atoms with Crippen molar-refractivity contribution in [1.82, 2.24) is 5.32 Å². The van der Waals surface area contributed by atoms with Crippen LogP contribution in [0.5, 0.6) is 0 Å². The van der Waals surface area contributed by atoms with Crippen molar-refractivity contribution in [1.29, 1.82) is 0 Å². The number of benzene rings is 1. The van der Waals surface area contributed by atoms with Crippen LogP contribution in [-0.4, -0.2) is 11.9 Å². The Labute approximate surface area is 145 Å². The zero-order valence-electron chi connectivity index (χ0n) is 13.5. The second-order valence-electron chi connectivity index (χ2n) is 7.23. The quantitative estimate of drug-likeness (QED) is 0.855. The Hall–Kier alpha value is -1.81. The van der Waals surface area contributed by atoms with E-state index in [0.717, 1.165) is 11.8 Å². The van der Waals surface area contributed by atoms with E-state index < -0.39 is 5.63 Å². The lowest BCUT2D eigenvalue weighted by molar-refractivity contribution is 0.0911. The molecule has 1 amide bonds. The molecule has 0 saturated heterocycles. The van der Waals surface area contributed by atoms with E-state index in [9.17, 15) is 9.59 Å². The Morgan fingerprint density at radius 2 is 2.12 bits per heavy atom. The summed E-state index contributed by atoms with van der Waals surface area (Å²) in [6, 6.07) is 6.62. The highest BCUT2D eigenvalue weighted by Crippen LogP contribution is 2.49. The van der Waals surface area contributed by atoms with E-state index in [1.54, 1.807) is 24.3 Å². The minimum Gasteiger partial charge on any atom is -0.422 e. The van der Waals surface area contributed by atoms with Crippen LogP contribution in [0, 0.1) is 17.8 Å². The fourth-order valence-electron chi connectivity index (χ4n) is 4.55. The van der Waals surface area contributed by atoms with Crippen LogP contribution in [0.4, 0.5) is 0 Å². The van der Waals surface area contributed by atoms with Crippen LogP contribution < -0.4 is 10.9 Å². The van der Waals surface area contributed by atoms with Gasteiger partial charge in [0.25, 0.3) is 5.91 Å². The van der Waals surface area contributed by atoms with Crippen LogP contribution in [0.25, 0.3) is 11.0 Å². The van der Waals surface area contributed by atoms with Crippen molar-refractivity contribution in [2.75, 3.05) is 0 Å². The number of hydrogen-bond acceptors (Lipinski definition) is 3. The van der Waals surface area contributed by atoms with Gasteiger partial charge in [-0.3, -0.25) is 4.79 Å². The highest BCUT2D eigenvalue weighted by atomic mass is 35.5. The first kappa shape index (κ1) is 15.7. The Bertz CT molecular complexity index is 859. The number of halogens is 1. The van der Waals surface area contributed by atoms with Crippen LogP contribution in [0.1, 0.15) is 43.0 Å². The molecule has 2 aliphatic rings.